The minimum atomic E-state index is -1.51. The second kappa shape index (κ2) is 36.5. The molecule has 1 aromatic heterocycles. The van der Waals surface area contributed by atoms with Crippen LogP contribution in [0.5, 0.6) is 17.2 Å². The molecule has 0 saturated heterocycles. The topological polar surface area (TPSA) is 291 Å². The van der Waals surface area contributed by atoms with Crippen LogP contribution in [0.3, 0.4) is 0 Å². The molecule has 5 heterocycles. The third kappa shape index (κ3) is 20.5. The van der Waals surface area contributed by atoms with Crippen LogP contribution in [0, 0.1) is 11.8 Å². The van der Waals surface area contributed by atoms with Crippen LogP contribution in [0.4, 0.5) is 16.2 Å². The number of carbonyl (C=O) groups excluding carboxylic acids is 6. The summed E-state index contributed by atoms with van der Waals surface area (Å²) >= 11 is 0. The van der Waals surface area contributed by atoms with Crippen molar-refractivity contribution in [3.63, 3.8) is 0 Å². The fourth-order valence-corrected chi connectivity index (χ4v) is 10.9. The third-order valence-corrected chi connectivity index (χ3v) is 15.9. The van der Waals surface area contributed by atoms with Gasteiger partial charge in [0, 0.05) is 68.5 Å². The van der Waals surface area contributed by atoms with Crippen molar-refractivity contribution < 1.29 is 81.6 Å². The Kier molecular flexibility index (Phi) is 28.5. The van der Waals surface area contributed by atoms with Crippen molar-refractivity contribution >= 4 is 53.0 Å². The molecular weight excluding hydrogens is 1200 g/mol. The molecule has 4 aliphatic heterocycles. The summed E-state index contributed by atoms with van der Waals surface area (Å²) in [5, 5.41) is 32.8. The molecule has 3 N–H and O–H groups in total. The molecule has 8 rings (SSSR count). The standard InChI is InChI=1S/C66H86N8O17.C2H6/c1-42(2)52(31-51(76)15-18-84-19-20-85-21-22-86-23-24-87-25-26-88-41-49-38-71(6)70-69-49)62(78)68-45(5)58(77)29-46-11-13-47(14-12-46)40-91-66(82)74-56-34-61(60(83-7)32-54(56)64(80)73-37-44(4)28-57(73)65(74)81)90-17-10-8-9-16-89-59-33-55-53(30-48(59)39-75)63(79)72-36-43(3)27-50(72)35-67-55;1-2/h11-14,30,32-38,42,45,50,52,57,65,75,81H,8-10,15-29,31,39-41H2,1-7H3,(H,68,78);1-2H3/t45-,50-,52-,57-,65-;/m0./s1. The molecule has 0 unspecified atom stereocenters. The average molecular weight is 1290 g/mol. The molecule has 0 spiro atoms. The second-order valence-electron chi connectivity index (χ2n) is 23.4. The maximum Gasteiger partial charge on any atom is 0.416 e. The predicted octanol–water partition coefficient (Wildman–Crippen LogP) is 7.92. The number of carbonyl (C=O) groups is 6. The van der Waals surface area contributed by atoms with Crippen molar-refractivity contribution in [3.8, 4) is 17.2 Å². The maximum absolute atomic E-state index is 14.2. The highest BCUT2D eigenvalue weighted by Crippen LogP contribution is 2.42. The number of fused-ring (bicyclic) bond motifs is 4. The molecular formula is C68H92N8O17. The van der Waals surface area contributed by atoms with E-state index < -0.39 is 36.2 Å². The fourth-order valence-electron chi connectivity index (χ4n) is 10.9. The first-order valence-corrected chi connectivity index (χ1v) is 32.0. The van der Waals surface area contributed by atoms with Gasteiger partial charge in [-0.2, -0.15) is 0 Å². The van der Waals surface area contributed by atoms with Crippen molar-refractivity contribution in [2.45, 2.75) is 144 Å². The van der Waals surface area contributed by atoms with Crippen molar-refractivity contribution in [1.29, 1.82) is 0 Å². The Bertz CT molecular complexity index is 3260. The van der Waals surface area contributed by atoms with Crippen LogP contribution in [-0.2, 0) is 76.1 Å². The number of unbranched alkanes of at least 4 members (excludes halogenated alkanes) is 2. The minimum absolute atomic E-state index is 0.00150. The van der Waals surface area contributed by atoms with E-state index in [0.717, 1.165) is 21.7 Å². The lowest BCUT2D eigenvalue weighted by Crippen LogP contribution is -2.50. The number of rotatable bonds is 37. The maximum atomic E-state index is 14.2. The largest absolute Gasteiger partial charge is 0.493 e. The SMILES string of the molecule is CC.COc1cc2c(cc1OCCCCCOc1cc3c(cc1CO)C(=O)N1C=C(C)C[C@H]1C=N3)N(C(=O)OCc1ccc(CC(=O)[C@H](C)NC(=O)[C@@H](CC(=O)CCOCCOCCOCCOCCOCc3cn(C)nn3)C(C)C)cc1)[C@@H](O)[C@@H]1CC(C)=CN1C2=O. The van der Waals surface area contributed by atoms with Crippen molar-refractivity contribution in [1.82, 2.24) is 30.1 Å². The summed E-state index contributed by atoms with van der Waals surface area (Å²) in [6.07, 6.45) is 7.69. The van der Waals surface area contributed by atoms with Crippen LogP contribution in [0.1, 0.15) is 137 Å². The molecule has 0 fully saturated rings. The molecule has 4 aliphatic rings. The lowest BCUT2D eigenvalue weighted by molar-refractivity contribution is -0.133. The highest BCUT2D eigenvalue weighted by atomic mass is 16.6. The molecule has 0 aliphatic carbocycles. The molecule has 25 nitrogen and oxygen atoms in total. The van der Waals surface area contributed by atoms with Crippen LogP contribution in [-0.4, -0.2) is 181 Å². The van der Waals surface area contributed by atoms with Gasteiger partial charge in [-0.05, 0) is 82.1 Å². The number of nitrogens with one attached hydrogen (secondary N) is 1. The monoisotopic (exact) mass is 1290 g/mol. The van der Waals surface area contributed by atoms with Crippen LogP contribution < -0.4 is 24.4 Å². The van der Waals surface area contributed by atoms with E-state index in [1.807, 2.05) is 47.7 Å². The molecule has 0 bridgehead atoms. The van der Waals surface area contributed by atoms with Gasteiger partial charge >= 0.3 is 6.09 Å². The molecule has 4 amide bonds. The number of amides is 4. The Labute approximate surface area is 544 Å². The molecule has 93 heavy (non-hydrogen) atoms. The summed E-state index contributed by atoms with van der Waals surface area (Å²) < 4.78 is 53.1. The Morgan fingerprint density at radius 3 is 1.96 bits per heavy atom. The number of aromatic nitrogens is 3. The fraction of sp³-hybridized carbons (Fsp3) is 0.544. The Morgan fingerprint density at radius 2 is 1.32 bits per heavy atom. The van der Waals surface area contributed by atoms with Gasteiger partial charge in [0.15, 0.2) is 23.5 Å². The van der Waals surface area contributed by atoms with Crippen molar-refractivity contribution in [2.75, 3.05) is 84.7 Å². The Morgan fingerprint density at radius 1 is 0.710 bits per heavy atom. The summed E-state index contributed by atoms with van der Waals surface area (Å²) in [5.41, 5.74) is 5.45. The number of aliphatic hydroxyl groups excluding tert-OH is 2. The number of aliphatic imine (C=N–C) groups is 1. The Hall–Kier alpha value is -7.91. The second-order valence-corrected chi connectivity index (χ2v) is 23.4. The van der Waals surface area contributed by atoms with E-state index in [9.17, 15) is 39.0 Å². The lowest BCUT2D eigenvalue weighted by Gasteiger charge is -2.31. The van der Waals surface area contributed by atoms with E-state index in [1.54, 1.807) is 78.6 Å². The number of Topliss-reactive ketones (excluding diaryl/α,β-unsaturated/α-hetero) is 2. The summed E-state index contributed by atoms with van der Waals surface area (Å²) in [6.45, 7) is 16.8. The molecule has 506 valence electrons. The summed E-state index contributed by atoms with van der Waals surface area (Å²) in [4.78, 5) is 90.4. The number of nitrogens with zero attached hydrogens (tertiary/aromatic N) is 7. The predicted molar refractivity (Wildman–Crippen MR) is 344 cm³/mol. The van der Waals surface area contributed by atoms with Gasteiger partial charge < -0.3 is 68.0 Å². The van der Waals surface area contributed by atoms with Gasteiger partial charge in [0.05, 0.1) is 140 Å². The van der Waals surface area contributed by atoms with E-state index in [4.69, 9.17) is 42.6 Å². The van der Waals surface area contributed by atoms with Gasteiger partial charge in [0.1, 0.15) is 23.8 Å². The zero-order chi connectivity index (χ0) is 67.0. The van der Waals surface area contributed by atoms with Gasteiger partial charge in [-0.3, -0.25) is 33.6 Å². The van der Waals surface area contributed by atoms with Gasteiger partial charge in [0.25, 0.3) is 11.8 Å². The summed E-state index contributed by atoms with van der Waals surface area (Å²) in [5.74, 6) is -1.27. The zero-order valence-corrected chi connectivity index (χ0v) is 55.1. The number of hydrogen-bond acceptors (Lipinski definition) is 20. The van der Waals surface area contributed by atoms with E-state index in [1.165, 1.54) is 24.1 Å². The number of ether oxygens (including phenoxy) is 9. The number of aliphatic hydroxyl groups is 2. The number of aryl methyl sites for hydroxylation is 1. The molecule has 5 atom stereocenters. The number of hydrogen-bond donors (Lipinski definition) is 3. The first-order chi connectivity index (χ1) is 44.9. The number of methoxy groups -OCH3 is 1. The number of ketones is 2. The molecule has 3 aromatic carbocycles. The van der Waals surface area contributed by atoms with E-state index in [2.05, 4.69) is 20.6 Å². The van der Waals surface area contributed by atoms with Gasteiger partial charge in [-0.1, -0.05) is 68.3 Å². The minimum Gasteiger partial charge on any atom is -0.493 e. The van der Waals surface area contributed by atoms with Crippen molar-refractivity contribution in [3.05, 3.63) is 112 Å². The number of anilines is 1. The van der Waals surface area contributed by atoms with Crippen LogP contribution in [0.15, 0.2) is 83.3 Å². The summed E-state index contributed by atoms with van der Waals surface area (Å²) in [7, 11) is 3.24. The zero-order valence-electron chi connectivity index (χ0n) is 55.1. The van der Waals surface area contributed by atoms with Gasteiger partial charge in [-0.25, -0.2) is 9.69 Å². The van der Waals surface area contributed by atoms with E-state index >= 15 is 0 Å². The van der Waals surface area contributed by atoms with Crippen LogP contribution in [0.2, 0.25) is 0 Å². The lowest BCUT2D eigenvalue weighted by atomic mass is 9.88. The third-order valence-electron chi connectivity index (χ3n) is 15.9. The van der Waals surface area contributed by atoms with E-state index in [0.29, 0.717) is 132 Å². The van der Waals surface area contributed by atoms with E-state index in [-0.39, 0.29) is 104 Å². The smallest absolute Gasteiger partial charge is 0.416 e. The quantitative estimate of drug-likeness (QED) is 0.0361. The molecule has 0 radical (unpaired) electrons. The van der Waals surface area contributed by atoms with Crippen molar-refractivity contribution in [2.24, 2.45) is 23.9 Å². The molecule has 0 saturated carbocycles. The summed E-state index contributed by atoms with van der Waals surface area (Å²) in [6, 6.07) is 11.4. The first kappa shape index (κ1) is 72.5. The normalized spacial score (nSPS) is 17.0. The highest BCUT2D eigenvalue weighted by molar-refractivity contribution is 6.07. The first-order valence-electron chi connectivity index (χ1n) is 32.0. The molecule has 25 heteroatoms. The van der Waals surface area contributed by atoms with Gasteiger partial charge in [0.2, 0.25) is 5.91 Å². The Balaban J connectivity index is 0.00000607. The van der Waals surface area contributed by atoms with Crippen LogP contribution in [0.25, 0.3) is 0 Å². The van der Waals surface area contributed by atoms with Crippen LogP contribution >= 0.6 is 0 Å². The molecule has 4 aromatic rings. The highest BCUT2D eigenvalue weighted by Gasteiger charge is 2.45. The number of benzene rings is 3. The average Bonchev–Trinajstić information content (AvgIpc) is 1.64. The van der Waals surface area contributed by atoms with Gasteiger partial charge in [-0.15, -0.1) is 5.10 Å².